The molecule has 2 unspecified atom stereocenters. The molecule has 6 heteroatoms. The minimum absolute atomic E-state index is 0.0579. The Balaban J connectivity index is 1.98. The van der Waals surface area contributed by atoms with Crippen LogP contribution in [-0.4, -0.2) is 37.9 Å². The van der Waals surface area contributed by atoms with E-state index in [0.717, 1.165) is 12.0 Å². The van der Waals surface area contributed by atoms with Crippen LogP contribution in [0, 0.1) is 12.8 Å². The molecule has 0 bridgehead atoms. The lowest BCUT2D eigenvalue weighted by atomic mass is 9.79. The van der Waals surface area contributed by atoms with E-state index in [1.54, 1.807) is 13.0 Å². The molecular formula is C19H24O5S. The number of hydrogen-bond acceptors (Lipinski definition) is 5. The van der Waals surface area contributed by atoms with Crippen molar-refractivity contribution in [3.63, 3.8) is 0 Å². The lowest BCUT2D eigenvalue weighted by Gasteiger charge is -2.31. The summed E-state index contributed by atoms with van der Waals surface area (Å²) in [6.07, 6.45) is 1.80. The molecule has 0 spiro atoms. The van der Waals surface area contributed by atoms with Crippen LogP contribution in [0.3, 0.4) is 0 Å². The van der Waals surface area contributed by atoms with Crippen molar-refractivity contribution in [3.8, 4) is 0 Å². The Morgan fingerprint density at radius 3 is 2.64 bits per heavy atom. The molecule has 1 fully saturated rings. The first-order valence-electron chi connectivity index (χ1n) is 8.80. The van der Waals surface area contributed by atoms with Crippen molar-refractivity contribution in [2.75, 3.05) is 5.75 Å². The van der Waals surface area contributed by atoms with Gasteiger partial charge in [-0.05, 0) is 63.3 Å². The van der Waals surface area contributed by atoms with Gasteiger partial charge < -0.3 is 4.74 Å². The van der Waals surface area contributed by atoms with E-state index in [9.17, 15) is 18.0 Å². The number of carbonyl (C=O) groups excluding carboxylic acids is 2. The molecule has 2 aliphatic rings. The van der Waals surface area contributed by atoms with Crippen LogP contribution in [0.2, 0.25) is 0 Å². The Hall–Kier alpha value is -1.53. The van der Waals surface area contributed by atoms with Gasteiger partial charge in [-0.15, -0.1) is 0 Å². The van der Waals surface area contributed by atoms with Gasteiger partial charge in [0.15, 0.2) is 15.6 Å². The maximum absolute atomic E-state index is 13.1. The highest BCUT2D eigenvalue weighted by molar-refractivity contribution is 7.91. The molecule has 0 N–H and O–H groups in total. The van der Waals surface area contributed by atoms with Crippen LogP contribution in [0.4, 0.5) is 0 Å². The molecule has 25 heavy (non-hydrogen) atoms. The zero-order valence-electron chi connectivity index (χ0n) is 14.9. The molecule has 1 saturated carbocycles. The van der Waals surface area contributed by atoms with Crippen LogP contribution < -0.4 is 0 Å². The third kappa shape index (κ3) is 3.29. The molecule has 1 aliphatic heterocycles. The summed E-state index contributed by atoms with van der Waals surface area (Å²) in [5.41, 5.74) is 1.86. The fourth-order valence-electron chi connectivity index (χ4n) is 3.93. The largest absolute Gasteiger partial charge is 0.374 e. The Morgan fingerprint density at radius 1 is 1.24 bits per heavy atom. The van der Waals surface area contributed by atoms with Crippen molar-refractivity contribution in [1.29, 1.82) is 0 Å². The molecule has 2 atom stereocenters. The zero-order chi connectivity index (χ0) is 18.4. The third-order valence-electron chi connectivity index (χ3n) is 5.14. The maximum atomic E-state index is 13.1. The second-order valence-corrected chi connectivity index (χ2v) is 9.29. The number of rotatable bonds is 4. The zero-order valence-corrected chi connectivity index (χ0v) is 15.7. The third-order valence-corrected chi connectivity index (χ3v) is 6.93. The van der Waals surface area contributed by atoms with E-state index in [4.69, 9.17) is 4.74 Å². The molecule has 0 amide bonds. The average molecular weight is 364 g/mol. The first-order chi connectivity index (χ1) is 11.7. The monoisotopic (exact) mass is 364 g/mol. The summed E-state index contributed by atoms with van der Waals surface area (Å²) in [5, 5.41) is 0. The molecule has 0 aromatic heterocycles. The molecule has 136 valence electrons. The maximum Gasteiger partial charge on any atom is 0.178 e. The standard InChI is InChI=1S/C19H24O5S/c1-11(2)24-16-6-4-5-15(20)18(16)19(21)14-7-8-17-13(12(14)3)9-10-25(17,22)23/h7-8,11,16,18H,4-6,9-10H2,1-3H3. The van der Waals surface area contributed by atoms with Gasteiger partial charge in [0.1, 0.15) is 11.7 Å². The molecule has 1 aromatic rings. The second kappa shape index (κ2) is 6.65. The molecule has 1 aromatic carbocycles. The number of Topliss-reactive ketones (excluding diaryl/α,β-unsaturated/α-hetero) is 2. The van der Waals surface area contributed by atoms with E-state index in [1.165, 1.54) is 6.07 Å². The van der Waals surface area contributed by atoms with Crippen molar-refractivity contribution in [2.24, 2.45) is 5.92 Å². The van der Waals surface area contributed by atoms with Gasteiger partial charge in [0, 0.05) is 12.0 Å². The van der Waals surface area contributed by atoms with Gasteiger partial charge in [-0.25, -0.2) is 8.42 Å². The van der Waals surface area contributed by atoms with E-state index in [-0.39, 0.29) is 23.4 Å². The van der Waals surface area contributed by atoms with E-state index < -0.39 is 21.9 Å². The number of hydrogen-bond donors (Lipinski definition) is 0. The summed E-state index contributed by atoms with van der Waals surface area (Å²) < 4.78 is 30.0. The second-order valence-electron chi connectivity index (χ2n) is 7.21. The van der Waals surface area contributed by atoms with Crippen molar-refractivity contribution in [2.45, 2.75) is 63.6 Å². The summed E-state index contributed by atoms with van der Waals surface area (Å²) in [5.74, 6) is -1.01. The highest BCUT2D eigenvalue weighted by Gasteiger charge is 2.40. The molecular weight excluding hydrogens is 340 g/mol. The van der Waals surface area contributed by atoms with Crippen molar-refractivity contribution >= 4 is 21.4 Å². The number of ether oxygens (including phenoxy) is 1. The van der Waals surface area contributed by atoms with Gasteiger partial charge in [-0.1, -0.05) is 0 Å². The quantitative estimate of drug-likeness (QED) is 0.606. The topological polar surface area (TPSA) is 77.5 Å². The minimum Gasteiger partial charge on any atom is -0.374 e. The summed E-state index contributed by atoms with van der Waals surface area (Å²) >= 11 is 0. The average Bonchev–Trinajstić information content (AvgIpc) is 2.83. The first-order valence-corrected chi connectivity index (χ1v) is 10.4. The smallest absolute Gasteiger partial charge is 0.178 e. The first kappa shape index (κ1) is 18.3. The lowest BCUT2D eigenvalue weighted by Crippen LogP contribution is -2.41. The SMILES string of the molecule is Cc1c(C(=O)C2C(=O)CCCC2OC(C)C)ccc2c1CCS2(=O)=O. The van der Waals surface area contributed by atoms with E-state index in [2.05, 4.69) is 0 Å². The predicted molar refractivity (Wildman–Crippen MR) is 93.6 cm³/mol. The Morgan fingerprint density at radius 2 is 1.96 bits per heavy atom. The van der Waals surface area contributed by atoms with E-state index in [1.807, 2.05) is 13.8 Å². The van der Waals surface area contributed by atoms with E-state index >= 15 is 0 Å². The molecule has 3 rings (SSSR count). The molecule has 0 radical (unpaired) electrons. The van der Waals surface area contributed by atoms with Crippen LogP contribution in [-0.2, 0) is 25.8 Å². The van der Waals surface area contributed by atoms with Crippen LogP contribution in [0.5, 0.6) is 0 Å². The number of fused-ring (bicyclic) bond motifs is 1. The van der Waals surface area contributed by atoms with Gasteiger partial charge in [0.2, 0.25) is 0 Å². The number of ketones is 2. The van der Waals surface area contributed by atoms with Crippen molar-refractivity contribution < 1.29 is 22.7 Å². The summed E-state index contributed by atoms with van der Waals surface area (Å²) in [6.45, 7) is 5.57. The van der Waals surface area contributed by atoms with Gasteiger partial charge >= 0.3 is 0 Å². The van der Waals surface area contributed by atoms with Crippen molar-refractivity contribution in [1.82, 2.24) is 0 Å². The summed E-state index contributed by atoms with van der Waals surface area (Å²) in [7, 11) is -3.24. The van der Waals surface area contributed by atoms with Crippen LogP contribution >= 0.6 is 0 Å². The predicted octanol–water partition coefficient (Wildman–Crippen LogP) is 2.67. The molecule has 5 nitrogen and oxygen atoms in total. The number of carbonyl (C=O) groups is 2. The van der Waals surface area contributed by atoms with Gasteiger partial charge in [0.05, 0.1) is 22.9 Å². The van der Waals surface area contributed by atoms with Crippen LogP contribution in [0.25, 0.3) is 0 Å². The fraction of sp³-hybridized carbons (Fsp3) is 0.579. The van der Waals surface area contributed by atoms with Gasteiger partial charge in [-0.2, -0.15) is 0 Å². The molecule has 1 heterocycles. The van der Waals surface area contributed by atoms with Crippen LogP contribution in [0.1, 0.15) is 54.6 Å². The van der Waals surface area contributed by atoms with E-state index in [0.29, 0.717) is 35.3 Å². The highest BCUT2D eigenvalue weighted by Crippen LogP contribution is 2.34. The number of benzene rings is 1. The lowest BCUT2D eigenvalue weighted by molar-refractivity contribution is -0.131. The minimum atomic E-state index is -3.24. The van der Waals surface area contributed by atoms with Crippen molar-refractivity contribution in [3.05, 3.63) is 28.8 Å². The Bertz CT molecular complexity index is 822. The molecule has 1 aliphatic carbocycles. The summed E-state index contributed by atoms with van der Waals surface area (Å²) in [6, 6.07) is 3.08. The van der Waals surface area contributed by atoms with Gasteiger partial charge in [-0.3, -0.25) is 9.59 Å². The fourth-order valence-corrected chi connectivity index (χ4v) is 5.53. The highest BCUT2D eigenvalue weighted by atomic mass is 32.2. The van der Waals surface area contributed by atoms with Crippen LogP contribution in [0.15, 0.2) is 17.0 Å². The van der Waals surface area contributed by atoms with Gasteiger partial charge in [0.25, 0.3) is 0 Å². The normalized spacial score (nSPS) is 25.2. The molecule has 0 saturated heterocycles. The Labute approximate surface area is 148 Å². The Kier molecular flexibility index (Phi) is 4.86. The summed E-state index contributed by atoms with van der Waals surface area (Å²) in [4.78, 5) is 25.9. The number of sulfone groups is 1.